The van der Waals surface area contributed by atoms with Crippen molar-refractivity contribution in [3.05, 3.63) is 81.8 Å². The van der Waals surface area contributed by atoms with Crippen LogP contribution in [-0.2, 0) is 13.1 Å². The normalized spacial score (nSPS) is 15.2. The highest BCUT2D eigenvalue weighted by atomic mass is 32.1. The molecule has 0 unspecified atom stereocenters. The maximum Gasteiger partial charge on any atom is 0.339 e. The number of nitrogens with zero attached hydrogens (tertiary/aromatic N) is 3. The lowest BCUT2D eigenvalue weighted by Gasteiger charge is -2.32. The molecule has 170 valence electrons. The average Bonchev–Trinajstić information content (AvgIpc) is 3.48. The van der Waals surface area contributed by atoms with E-state index in [1.54, 1.807) is 23.5 Å². The Morgan fingerprint density at radius 3 is 2.76 bits per heavy atom. The van der Waals surface area contributed by atoms with Crippen LogP contribution in [0, 0.1) is 0 Å². The number of ether oxygens (including phenoxy) is 1. The highest BCUT2D eigenvalue weighted by molar-refractivity contribution is 7.09. The molecule has 1 aromatic carbocycles. The van der Waals surface area contributed by atoms with Gasteiger partial charge in [0.15, 0.2) is 0 Å². The molecule has 1 saturated heterocycles. The monoisotopic (exact) mass is 461 g/mol. The molecular formula is C26H27N3O3S. The summed E-state index contributed by atoms with van der Waals surface area (Å²) < 4.78 is 7.47. The molecule has 0 bridgehead atoms. The molecule has 0 saturated carbocycles. The zero-order valence-corrected chi connectivity index (χ0v) is 19.4. The number of benzene rings is 1. The van der Waals surface area contributed by atoms with Gasteiger partial charge in [-0.05, 0) is 78.7 Å². The number of fused-ring (bicyclic) bond motifs is 1. The largest absolute Gasteiger partial charge is 0.496 e. The van der Waals surface area contributed by atoms with E-state index in [1.165, 1.54) is 22.9 Å². The number of aromatic nitrogens is 2. The number of hydrogen-bond donors (Lipinski definition) is 1. The third kappa shape index (κ3) is 4.51. The predicted octanol–water partition coefficient (Wildman–Crippen LogP) is 5.23. The topological polar surface area (TPSA) is 67.6 Å². The van der Waals surface area contributed by atoms with E-state index < -0.39 is 5.97 Å². The highest BCUT2D eigenvalue weighted by Crippen LogP contribution is 2.35. The molecule has 7 heteroatoms. The maximum atomic E-state index is 11.5. The molecular weight excluding hydrogens is 434 g/mol. The lowest BCUT2D eigenvalue weighted by molar-refractivity contribution is 0.0693. The van der Waals surface area contributed by atoms with Gasteiger partial charge in [-0.2, -0.15) is 0 Å². The van der Waals surface area contributed by atoms with Crippen LogP contribution in [0.3, 0.4) is 0 Å². The number of pyridine rings is 1. The fourth-order valence-corrected chi connectivity index (χ4v) is 5.55. The van der Waals surface area contributed by atoms with E-state index in [2.05, 4.69) is 44.2 Å². The van der Waals surface area contributed by atoms with Crippen molar-refractivity contribution in [3.8, 4) is 5.75 Å². The van der Waals surface area contributed by atoms with E-state index in [0.717, 1.165) is 50.2 Å². The van der Waals surface area contributed by atoms with Gasteiger partial charge in [0.2, 0.25) is 0 Å². The first kappa shape index (κ1) is 21.7. The smallest absolute Gasteiger partial charge is 0.339 e. The molecule has 33 heavy (non-hydrogen) atoms. The van der Waals surface area contributed by atoms with Gasteiger partial charge in [0, 0.05) is 29.2 Å². The first-order chi connectivity index (χ1) is 16.1. The number of piperidine rings is 1. The SMILES string of the molecule is COc1ccc(CN2CCC(c3cn(Cc4cccs4)c4ncccc34)CC2)cc1C(=O)O. The van der Waals surface area contributed by atoms with Gasteiger partial charge >= 0.3 is 5.97 Å². The third-order valence-electron chi connectivity index (χ3n) is 6.50. The zero-order valence-electron chi connectivity index (χ0n) is 18.6. The number of carbonyl (C=O) groups is 1. The van der Waals surface area contributed by atoms with E-state index in [-0.39, 0.29) is 5.56 Å². The van der Waals surface area contributed by atoms with Gasteiger partial charge in [0.1, 0.15) is 17.0 Å². The van der Waals surface area contributed by atoms with E-state index in [0.29, 0.717) is 11.7 Å². The molecule has 3 aromatic heterocycles. The molecule has 0 radical (unpaired) electrons. The number of methoxy groups -OCH3 is 1. The molecule has 0 spiro atoms. The second-order valence-electron chi connectivity index (χ2n) is 8.56. The van der Waals surface area contributed by atoms with E-state index in [9.17, 15) is 9.90 Å². The number of likely N-dealkylation sites (tertiary alicyclic amines) is 1. The van der Waals surface area contributed by atoms with Gasteiger partial charge in [-0.15, -0.1) is 11.3 Å². The van der Waals surface area contributed by atoms with Crippen molar-refractivity contribution >= 4 is 28.3 Å². The van der Waals surface area contributed by atoms with Crippen LogP contribution in [0.15, 0.2) is 60.2 Å². The van der Waals surface area contributed by atoms with Gasteiger partial charge < -0.3 is 14.4 Å². The van der Waals surface area contributed by atoms with Crippen molar-refractivity contribution in [1.82, 2.24) is 14.5 Å². The second kappa shape index (κ2) is 9.37. The Balaban J connectivity index is 1.30. The molecule has 0 aliphatic carbocycles. The van der Waals surface area contributed by atoms with Crippen LogP contribution in [-0.4, -0.2) is 45.7 Å². The summed E-state index contributed by atoms with van der Waals surface area (Å²) in [4.78, 5) is 20.0. The molecule has 1 fully saturated rings. The predicted molar refractivity (Wildman–Crippen MR) is 130 cm³/mol. The van der Waals surface area contributed by atoms with Crippen LogP contribution in [0.1, 0.15) is 45.1 Å². The molecule has 1 N–H and O–H groups in total. The second-order valence-corrected chi connectivity index (χ2v) is 9.59. The summed E-state index contributed by atoms with van der Waals surface area (Å²) in [5, 5.41) is 12.8. The summed E-state index contributed by atoms with van der Waals surface area (Å²) in [6, 6.07) is 13.9. The zero-order chi connectivity index (χ0) is 22.8. The van der Waals surface area contributed by atoms with E-state index >= 15 is 0 Å². The van der Waals surface area contributed by atoms with Gasteiger partial charge in [-0.25, -0.2) is 9.78 Å². The minimum absolute atomic E-state index is 0.218. The van der Waals surface area contributed by atoms with Crippen LogP contribution >= 0.6 is 11.3 Å². The van der Waals surface area contributed by atoms with Gasteiger partial charge in [0.25, 0.3) is 0 Å². The number of rotatable bonds is 7. The summed E-state index contributed by atoms with van der Waals surface area (Å²) in [6.07, 6.45) is 6.34. The number of thiophene rings is 1. The Bertz CT molecular complexity index is 1260. The van der Waals surface area contributed by atoms with Crippen LogP contribution in [0.5, 0.6) is 5.75 Å². The minimum Gasteiger partial charge on any atom is -0.496 e. The fraction of sp³-hybridized carbons (Fsp3) is 0.308. The van der Waals surface area contributed by atoms with Crippen LogP contribution in [0.25, 0.3) is 11.0 Å². The molecule has 6 nitrogen and oxygen atoms in total. The minimum atomic E-state index is -0.958. The summed E-state index contributed by atoms with van der Waals surface area (Å²) in [5.41, 5.74) is 3.68. The number of carboxylic acid groups (broad SMARTS) is 1. The Morgan fingerprint density at radius 1 is 1.18 bits per heavy atom. The van der Waals surface area contributed by atoms with Gasteiger partial charge in [-0.3, -0.25) is 4.90 Å². The van der Waals surface area contributed by atoms with Crippen molar-refractivity contribution in [2.24, 2.45) is 0 Å². The third-order valence-corrected chi connectivity index (χ3v) is 7.36. The standard InChI is InChI=1S/C26H27N3O3S/c1-32-24-7-6-18(14-22(24)26(30)31)15-28-11-8-19(9-12-28)23-17-29(16-20-4-3-13-33-20)25-21(23)5-2-10-27-25/h2-7,10,13-14,17,19H,8-9,11-12,15-16H2,1H3,(H,30,31). The van der Waals surface area contributed by atoms with Crippen molar-refractivity contribution in [2.75, 3.05) is 20.2 Å². The summed E-state index contributed by atoms with van der Waals surface area (Å²) in [7, 11) is 1.50. The Morgan fingerprint density at radius 2 is 2.03 bits per heavy atom. The molecule has 4 heterocycles. The fourth-order valence-electron chi connectivity index (χ4n) is 4.85. The number of carboxylic acids is 1. The van der Waals surface area contributed by atoms with E-state index in [1.807, 2.05) is 18.3 Å². The first-order valence-corrected chi connectivity index (χ1v) is 12.1. The molecule has 5 rings (SSSR count). The van der Waals surface area contributed by atoms with Crippen molar-refractivity contribution in [2.45, 2.75) is 31.8 Å². The highest BCUT2D eigenvalue weighted by Gasteiger charge is 2.24. The van der Waals surface area contributed by atoms with Crippen molar-refractivity contribution in [3.63, 3.8) is 0 Å². The van der Waals surface area contributed by atoms with Crippen LogP contribution in [0.2, 0.25) is 0 Å². The number of hydrogen-bond acceptors (Lipinski definition) is 5. The van der Waals surface area contributed by atoms with Gasteiger partial charge in [-0.1, -0.05) is 12.1 Å². The van der Waals surface area contributed by atoms with E-state index in [4.69, 9.17) is 4.74 Å². The first-order valence-electron chi connectivity index (χ1n) is 11.2. The van der Waals surface area contributed by atoms with Crippen molar-refractivity contribution in [1.29, 1.82) is 0 Å². The molecule has 4 aromatic rings. The summed E-state index contributed by atoms with van der Waals surface area (Å²) in [5.74, 6) is -0.0551. The molecule has 1 aliphatic heterocycles. The van der Waals surface area contributed by atoms with Crippen LogP contribution in [0.4, 0.5) is 0 Å². The maximum absolute atomic E-state index is 11.5. The molecule has 0 atom stereocenters. The Hall–Kier alpha value is -3.16. The Kier molecular flexibility index (Phi) is 6.15. The lowest BCUT2D eigenvalue weighted by atomic mass is 9.89. The summed E-state index contributed by atoms with van der Waals surface area (Å²) >= 11 is 1.78. The average molecular weight is 462 g/mol. The van der Waals surface area contributed by atoms with Crippen molar-refractivity contribution < 1.29 is 14.6 Å². The summed E-state index contributed by atoms with van der Waals surface area (Å²) in [6.45, 7) is 3.57. The van der Waals surface area contributed by atoms with Gasteiger partial charge in [0.05, 0.1) is 13.7 Å². The molecule has 0 amide bonds. The van der Waals surface area contributed by atoms with Crippen LogP contribution < -0.4 is 4.74 Å². The molecule has 1 aliphatic rings. The lowest BCUT2D eigenvalue weighted by Crippen LogP contribution is -2.32. The quantitative estimate of drug-likeness (QED) is 0.408. The Labute approximate surface area is 197 Å². The number of aromatic carboxylic acids is 1.